The van der Waals surface area contributed by atoms with E-state index in [1.807, 2.05) is 0 Å². The Morgan fingerprint density at radius 2 is 1.21 bits per heavy atom. The second kappa shape index (κ2) is 7.14. The SMILES string of the molecule is CCCCCCCC(C)C(C)(C)C(C)(C)C(C)(C)C. The van der Waals surface area contributed by atoms with Gasteiger partial charge in [-0.25, -0.2) is 0 Å². The van der Waals surface area contributed by atoms with E-state index in [1.54, 1.807) is 0 Å². The average molecular weight is 269 g/mol. The molecule has 0 saturated carbocycles. The Kier molecular flexibility index (Phi) is 7.14. The highest BCUT2D eigenvalue weighted by Gasteiger charge is 2.47. The number of hydrogen-bond donors (Lipinski definition) is 0. The lowest BCUT2D eigenvalue weighted by Gasteiger charge is -2.54. The van der Waals surface area contributed by atoms with Gasteiger partial charge in [-0.3, -0.25) is 0 Å². The summed E-state index contributed by atoms with van der Waals surface area (Å²) in [5, 5.41) is 0. The van der Waals surface area contributed by atoms with Crippen LogP contribution in [-0.4, -0.2) is 0 Å². The average Bonchev–Trinajstić information content (AvgIpc) is 2.26. The molecule has 0 nitrogen and oxygen atoms in total. The van der Waals surface area contributed by atoms with Crippen LogP contribution in [0.25, 0.3) is 0 Å². The second-order valence-electron chi connectivity index (χ2n) is 8.70. The first-order valence-electron chi connectivity index (χ1n) is 8.48. The van der Waals surface area contributed by atoms with Gasteiger partial charge in [0.25, 0.3) is 0 Å². The van der Waals surface area contributed by atoms with Crippen LogP contribution in [0.4, 0.5) is 0 Å². The molecule has 0 radical (unpaired) electrons. The van der Waals surface area contributed by atoms with E-state index in [0.717, 1.165) is 5.92 Å². The summed E-state index contributed by atoms with van der Waals surface area (Å²) in [7, 11) is 0. The van der Waals surface area contributed by atoms with Gasteiger partial charge in [-0.15, -0.1) is 0 Å². The minimum Gasteiger partial charge on any atom is -0.0654 e. The molecule has 0 aliphatic heterocycles. The zero-order chi connectivity index (χ0) is 15.3. The smallest absolute Gasteiger partial charge is 0.0252 e. The van der Waals surface area contributed by atoms with Crippen molar-refractivity contribution in [1.29, 1.82) is 0 Å². The van der Waals surface area contributed by atoms with Crippen molar-refractivity contribution in [2.24, 2.45) is 22.2 Å². The molecule has 0 aliphatic carbocycles. The fourth-order valence-corrected chi connectivity index (χ4v) is 3.00. The van der Waals surface area contributed by atoms with Gasteiger partial charge in [-0.2, -0.15) is 0 Å². The molecule has 0 aliphatic rings. The molecule has 0 aromatic carbocycles. The highest BCUT2D eigenvalue weighted by molar-refractivity contribution is 4.96. The first-order valence-corrected chi connectivity index (χ1v) is 8.48. The van der Waals surface area contributed by atoms with Crippen LogP contribution in [0.2, 0.25) is 0 Å². The number of unbranched alkanes of at least 4 members (excludes halogenated alkanes) is 4. The Hall–Kier alpha value is 0. The molecule has 1 atom stereocenters. The van der Waals surface area contributed by atoms with Crippen LogP contribution in [0.1, 0.15) is 101 Å². The van der Waals surface area contributed by atoms with Crippen molar-refractivity contribution in [2.75, 3.05) is 0 Å². The van der Waals surface area contributed by atoms with Gasteiger partial charge in [0, 0.05) is 0 Å². The van der Waals surface area contributed by atoms with Crippen molar-refractivity contribution in [3.8, 4) is 0 Å². The van der Waals surface area contributed by atoms with Crippen molar-refractivity contribution >= 4 is 0 Å². The van der Waals surface area contributed by atoms with Crippen molar-refractivity contribution in [3.05, 3.63) is 0 Å². The molecular weight excluding hydrogens is 228 g/mol. The second-order valence-corrected chi connectivity index (χ2v) is 8.70. The third-order valence-electron chi connectivity index (χ3n) is 6.46. The van der Waals surface area contributed by atoms with Gasteiger partial charge in [0.1, 0.15) is 0 Å². The van der Waals surface area contributed by atoms with Crippen LogP contribution >= 0.6 is 0 Å². The topological polar surface area (TPSA) is 0 Å². The molecule has 0 spiro atoms. The molecule has 0 bridgehead atoms. The van der Waals surface area contributed by atoms with Gasteiger partial charge in [-0.05, 0) is 22.2 Å². The molecule has 0 aromatic rings. The monoisotopic (exact) mass is 268 g/mol. The molecule has 0 rings (SSSR count). The fraction of sp³-hybridized carbons (Fsp3) is 1.00. The number of rotatable bonds is 8. The fourth-order valence-electron chi connectivity index (χ4n) is 3.00. The molecular formula is C19H40. The van der Waals surface area contributed by atoms with E-state index < -0.39 is 0 Å². The summed E-state index contributed by atoms with van der Waals surface area (Å²) < 4.78 is 0. The van der Waals surface area contributed by atoms with Gasteiger partial charge in [0.15, 0.2) is 0 Å². The minimum atomic E-state index is 0.350. The van der Waals surface area contributed by atoms with E-state index in [9.17, 15) is 0 Å². The quantitative estimate of drug-likeness (QED) is 0.412. The van der Waals surface area contributed by atoms with Crippen LogP contribution in [-0.2, 0) is 0 Å². The van der Waals surface area contributed by atoms with E-state index in [0.29, 0.717) is 16.2 Å². The van der Waals surface area contributed by atoms with Crippen LogP contribution in [0.15, 0.2) is 0 Å². The number of hydrogen-bond acceptors (Lipinski definition) is 0. The van der Waals surface area contributed by atoms with Crippen molar-refractivity contribution < 1.29 is 0 Å². The lowest BCUT2D eigenvalue weighted by molar-refractivity contribution is -0.0466. The molecule has 0 heterocycles. The van der Waals surface area contributed by atoms with Gasteiger partial charge >= 0.3 is 0 Å². The normalized spacial score (nSPS) is 15.6. The standard InChI is InChI=1S/C19H40/c1-10-11-12-13-14-15-16(2)18(6,7)19(8,9)17(3,4)5/h16H,10-15H2,1-9H3. The van der Waals surface area contributed by atoms with Gasteiger partial charge in [0.05, 0.1) is 0 Å². The predicted molar refractivity (Wildman–Crippen MR) is 89.6 cm³/mol. The summed E-state index contributed by atoms with van der Waals surface area (Å²) in [6.45, 7) is 21.8. The van der Waals surface area contributed by atoms with Crippen molar-refractivity contribution in [3.63, 3.8) is 0 Å². The molecule has 0 heteroatoms. The first-order chi connectivity index (χ1) is 8.48. The summed E-state index contributed by atoms with van der Waals surface area (Å²) >= 11 is 0. The van der Waals surface area contributed by atoms with E-state index in [-0.39, 0.29) is 0 Å². The Balaban J connectivity index is 4.47. The Bertz CT molecular complexity index is 239. The predicted octanol–water partition coefficient (Wildman–Crippen LogP) is 7.08. The lowest BCUT2D eigenvalue weighted by Crippen LogP contribution is -2.46. The molecule has 0 aromatic heterocycles. The first kappa shape index (κ1) is 19.0. The summed E-state index contributed by atoms with van der Waals surface area (Å²) in [4.78, 5) is 0. The van der Waals surface area contributed by atoms with Crippen LogP contribution in [0, 0.1) is 22.2 Å². The Morgan fingerprint density at radius 1 is 0.737 bits per heavy atom. The van der Waals surface area contributed by atoms with Crippen LogP contribution in [0.5, 0.6) is 0 Å². The molecule has 0 amide bonds. The van der Waals surface area contributed by atoms with E-state index >= 15 is 0 Å². The maximum absolute atomic E-state index is 2.48. The molecule has 0 N–H and O–H groups in total. The largest absolute Gasteiger partial charge is 0.0654 e. The molecule has 0 fully saturated rings. The maximum atomic E-state index is 2.48. The van der Waals surface area contributed by atoms with E-state index in [4.69, 9.17) is 0 Å². The molecule has 19 heavy (non-hydrogen) atoms. The Labute approximate surface area is 123 Å². The summed E-state index contributed by atoms with van der Waals surface area (Å²) in [6, 6.07) is 0. The summed E-state index contributed by atoms with van der Waals surface area (Å²) in [5.41, 5.74) is 1.09. The molecule has 116 valence electrons. The van der Waals surface area contributed by atoms with E-state index in [2.05, 4.69) is 62.3 Å². The molecule has 1 unspecified atom stereocenters. The summed E-state index contributed by atoms with van der Waals surface area (Å²) in [6.07, 6.45) is 8.39. The third-order valence-corrected chi connectivity index (χ3v) is 6.46. The van der Waals surface area contributed by atoms with Crippen LogP contribution < -0.4 is 0 Å². The molecule has 0 saturated heterocycles. The third kappa shape index (κ3) is 4.80. The highest BCUT2D eigenvalue weighted by Crippen LogP contribution is 2.55. The lowest BCUT2D eigenvalue weighted by atomic mass is 9.51. The van der Waals surface area contributed by atoms with Crippen molar-refractivity contribution in [2.45, 2.75) is 101 Å². The minimum absolute atomic E-state index is 0.350. The Morgan fingerprint density at radius 3 is 1.63 bits per heavy atom. The summed E-state index contributed by atoms with van der Waals surface area (Å²) in [5.74, 6) is 0.795. The zero-order valence-corrected chi connectivity index (χ0v) is 15.3. The van der Waals surface area contributed by atoms with Gasteiger partial charge in [0.2, 0.25) is 0 Å². The highest BCUT2D eigenvalue weighted by atomic mass is 14.5. The van der Waals surface area contributed by atoms with Gasteiger partial charge in [-0.1, -0.05) is 101 Å². The van der Waals surface area contributed by atoms with E-state index in [1.165, 1.54) is 38.5 Å². The zero-order valence-electron chi connectivity index (χ0n) is 15.3. The van der Waals surface area contributed by atoms with Gasteiger partial charge < -0.3 is 0 Å². The maximum Gasteiger partial charge on any atom is -0.0252 e. The van der Waals surface area contributed by atoms with Crippen LogP contribution in [0.3, 0.4) is 0 Å². The van der Waals surface area contributed by atoms with Crippen molar-refractivity contribution in [1.82, 2.24) is 0 Å².